The Kier molecular flexibility index (Phi) is 3.19. The van der Waals surface area contributed by atoms with Crippen molar-refractivity contribution in [2.45, 2.75) is 0 Å². The summed E-state index contributed by atoms with van der Waals surface area (Å²) in [5.74, 6) is -0.943. The highest BCUT2D eigenvalue weighted by molar-refractivity contribution is 9.10. The number of hydrogen-bond acceptors (Lipinski definition) is 3. The van der Waals surface area contributed by atoms with E-state index in [1.807, 2.05) is 0 Å². The summed E-state index contributed by atoms with van der Waals surface area (Å²) in [6.45, 7) is 0. The highest BCUT2D eigenvalue weighted by Crippen LogP contribution is 2.22. The molecule has 0 unspecified atom stereocenters. The molecule has 0 fully saturated rings. The van der Waals surface area contributed by atoms with E-state index in [0.29, 0.717) is 5.56 Å². The first-order valence-corrected chi connectivity index (χ1v) is 5.51. The summed E-state index contributed by atoms with van der Waals surface area (Å²) >= 11 is 3.06. The number of nitrogens with zero attached hydrogens (tertiary/aromatic N) is 1. The van der Waals surface area contributed by atoms with Gasteiger partial charge in [-0.25, -0.2) is 4.39 Å². The zero-order valence-corrected chi connectivity index (χ0v) is 10.1. The first-order valence-electron chi connectivity index (χ1n) is 4.72. The van der Waals surface area contributed by atoms with Crippen molar-refractivity contribution in [2.24, 2.45) is 0 Å². The van der Waals surface area contributed by atoms with E-state index in [2.05, 4.69) is 20.9 Å². The standard InChI is InChI=1S/C12H7BrFNO2/c13-10-3-1-2-9(11(16)12(10)17)7-4-8(14)6-15-5-7/h1-6H,(H,16,17). The number of pyridine rings is 1. The van der Waals surface area contributed by atoms with Gasteiger partial charge in [0.25, 0.3) is 0 Å². The second-order valence-electron chi connectivity index (χ2n) is 3.36. The largest absolute Gasteiger partial charge is 0.503 e. The van der Waals surface area contributed by atoms with Crippen LogP contribution in [0.5, 0.6) is 5.75 Å². The van der Waals surface area contributed by atoms with E-state index in [9.17, 15) is 14.3 Å². The third-order valence-corrected chi connectivity index (χ3v) is 2.85. The van der Waals surface area contributed by atoms with Gasteiger partial charge in [0.15, 0.2) is 5.75 Å². The van der Waals surface area contributed by atoms with Crippen LogP contribution in [0.1, 0.15) is 0 Å². The summed E-state index contributed by atoms with van der Waals surface area (Å²) in [5.41, 5.74) is -0.0529. The first-order chi connectivity index (χ1) is 8.09. The summed E-state index contributed by atoms with van der Waals surface area (Å²) < 4.78 is 13.3. The molecule has 5 heteroatoms. The normalized spacial score (nSPS) is 10.2. The second-order valence-corrected chi connectivity index (χ2v) is 4.21. The van der Waals surface area contributed by atoms with Gasteiger partial charge in [0.2, 0.25) is 5.43 Å². The minimum absolute atomic E-state index is 0.195. The SMILES string of the molecule is O=c1c(-c2cncc(F)c2)cccc(Br)c1O. The molecule has 0 aliphatic carbocycles. The van der Waals surface area contributed by atoms with E-state index in [1.54, 1.807) is 6.07 Å². The maximum absolute atomic E-state index is 13.0. The minimum Gasteiger partial charge on any atom is -0.503 e. The molecule has 1 N–H and O–H groups in total. The van der Waals surface area contributed by atoms with Crippen LogP contribution in [0, 0.1) is 5.82 Å². The van der Waals surface area contributed by atoms with Crippen LogP contribution in [-0.4, -0.2) is 10.1 Å². The highest BCUT2D eigenvalue weighted by atomic mass is 79.9. The zero-order valence-electron chi connectivity index (χ0n) is 8.52. The van der Waals surface area contributed by atoms with Crippen molar-refractivity contribution >= 4 is 15.9 Å². The Hall–Kier alpha value is -1.75. The van der Waals surface area contributed by atoms with Gasteiger partial charge in [-0.1, -0.05) is 12.1 Å². The topological polar surface area (TPSA) is 50.2 Å². The summed E-state index contributed by atoms with van der Waals surface area (Å²) in [6, 6.07) is 5.82. The minimum atomic E-state index is -0.575. The van der Waals surface area contributed by atoms with E-state index in [-0.39, 0.29) is 10.0 Å². The molecule has 0 aliphatic rings. The van der Waals surface area contributed by atoms with Gasteiger partial charge < -0.3 is 5.11 Å². The Labute approximate surface area is 105 Å². The van der Waals surface area contributed by atoms with Crippen molar-refractivity contribution in [3.63, 3.8) is 0 Å². The predicted molar refractivity (Wildman–Crippen MR) is 65.3 cm³/mol. The maximum atomic E-state index is 13.0. The van der Waals surface area contributed by atoms with Crippen LogP contribution in [0.25, 0.3) is 11.1 Å². The quantitative estimate of drug-likeness (QED) is 0.880. The summed E-state index contributed by atoms with van der Waals surface area (Å²) in [6.07, 6.45) is 2.42. The van der Waals surface area contributed by atoms with Gasteiger partial charge in [-0.2, -0.15) is 0 Å². The van der Waals surface area contributed by atoms with Crippen LogP contribution in [0.2, 0.25) is 0 Å². The number of rotatable bonds is 1. The van der Waals surface area contributed by atoms with Crippen molar-refractivity contribution in [2.75, 3.05) is 0 Å². The smallest absolute Gasteiger partial charge is 0.229 e. The molecule has 0 atom stereocenters. The molecule has 0 aliphatic heterocycles. The molecule has 3 nitrogen and oxygen atoms in total. The molecule has 0 saturated heterocycles. The van der Waals surface area contributed by atoms with Crippen molar-refractivity contribution in [3.8, 4) is 16.9 Å². The molecule has 1 aromatic heterocycles. The van der Waals surface area contributed by atoms with E-state index in [1.165, 1.54) is 24.4 Å². The molecular weight excluding hydrogens is 289 g/mol. The summed E-state index contributed by atoms with van der Waals surface area (Å²) in [5, 5.41) is 9.60. The van der Waals surface area contributed by atoms with Crippen LogP contribution in [-0.2, 0) is 0 Å². The van der Waals surface area contributed by atoms with Gasteiger partial charge in [-0.15, -0.1) is 0 Å². The lowest BCUT2D eigenvalue weighted by Crippen LogP contribution is -2.01. The van der Waals surface area contributed by atoms with Crippen molar-refractivity contribution in [1.82, 2.24) is 4.98 Å². The van der Waals surface area contributed by atoms with Gasteiger partial charge in [0, 0.05) is 17.3 Å². The molecule has 0 amide bonds. The molecule has 0 spiro atoms. The third kappa shape index (κ3) is 2.34. The number of aromatic hydroxyl groups is 1. The molecular formula is C12H7BrFNO2. The zero-order chi connectivity index (χ0) is 12.4. The molecule has 0 radical (unpaired) electrons. The van der Waals surface area contributed by atoms with Gasteiger partial charge in [-0.3, -0.25) is 9.78 Å². The van der Waals surface area contributed by atoms with Crippen LogP contribution >= 0.6 is 15.9 Å². The molecule has 2 aromatic rings. The average Bonchev–Trinajstić information content (AvgIpc) is 2.43. The van der Waals surface area contributed by atoms with Crippen LogP contribution in [0.3, 0.4) is 0 Å². The van der Waals surface area contributed by atoms with Gasteiger partial charge >= 0.3 is 0 Å². The molecule has 1 aromatic carbocycles. The Morgan fingerprint density at radius 3 is 2.76 bits per heavy atom. The van der Waals surface area contributed by atoms with Crippen molar-refractivity contribution in [1.29, 1.82) is 0 Å². The maximum Gasteiger partial charge on any atom is 0.229 e. The molecule has 2 rings (SSSR count). The van der Waals surface area contributed by atoms with E-state index in [0.717, 1.165) is 6.20 Å². The lowest BCUT2D eigenvalue weighted by molar-refractivity contribution is 0.468. The fraction of sp³-hybridized carbons (Fsp3) is 0. The number of halogens is 2. The van der Waals surface area contributed by atoms with Crippen LogP contribution in [0.4, 0.5) is 4.39 Å². The van der Waals surface area contributed by atoms with Crippen LogP contribution < -0.4 is 5.43 Å². The number of hydrogen-bond donors (Lipinski definition) is 1. The molecule has 1 heterocycles. The van der Waals surface area contributed by atoms with Crippen LogP contribution in [0.15, 0.2) is 45.9 Å². The van der Waals surface area contributed by atoms with E-state index >= 15 is 0 Å². The Morgan fingerprint density at radius 2 is 2.06 bits per heavy atom. The summed E-state index contributed by atoms with van der Waals surface area (Å²) in [4.78, 5) is 15.5. The fourth-order valence-electron chi connectivity index (χ4n) is 1.41. The number of aromatic nitrogens is 1. The van der Waals surface area contributed by atoms with Gasteiger partial charge in [0.05, 0.1) is 10.7 Å². The second kappa shape index (κ2) is 4.63. The Morgan fingerprint density at radius 1 is 1.29 bits per heavy atom. The first kappa shape index (κ1) is 11.7. The van der Waals surface area contributed by atoms with Gasteiger partial charge in [0.1, 0.15) is 5.82 Å². The fourth-order valence-corrected chi connectivity index (χ4v) is 1.74. The van der Waals surface area contributed by atoms with Gasteiger partial charge in [-0.05, 0) is 28.1 Å². The summed E-state index contributed by atoms with van der Waals surface area (Å²) in [7, 11) is 0. The lowest BCUT2D eigenvalue weighted by atomic mass is 10.1. The average molecular weight is 296 g/mol. The Balaban J connectivity index is 2.74. The lowest BCUT2D eigenvalue weighted by Gasteiger charge is -1.97. The molecule has 17 heavy (non-hydrogen) atoms. The van der Waals surface area contributed by atoms with Crippen molar-refractivity contribution < 1.29 is 9.50 Å². The van der Waals surface area contributed by atoms with E-state index < -0.39 is 17.0 Å². The van der Waals surface area contributed by atoms with Crippen molar-refractivity contribution in [3.05, 3.63) is 57.2 Å². The molecule has 86 valence electrons. The predicted octanol–water partition coefficient (Wildman–Crippen LogP) is 2.72. The van der Waals surface area contributed by atoms with E-state index in [4.69, 9.17) is 0 Å². The molecule has 0 saturated carbocycles. The third-order valence-electron chi connectivity index (χ3n) is 2.21. The highest BCUT2D eigenvalue weighted by Gasteiger charge is 2.08. The Bertz CT molecular complexity index is 631. The monoisotopic (exact) mass is 295 g/mol. The molecule has 0 bridgehead atoms.